The number of nitrogens with two attached hydrogens (primary N) is 1. The molecule has 20 heavy (non-hydrogen) atoms. The molecule has 0 aliphatic carbocycles. The number of hydrogen-bond acceptors (Lipinski definition) is 5. The van der Waals surface area contributed by atoms with E-state index in [0.29, 0.717) is 18.3 Å². The van der Waals surface area contributed by atoms with Crippen molar-refractivity contribution >= 4 is 12.4 Å². The van der Waals surface area contributed by atoms with E-state index >= 15 is 0 Å². The highest BCUT2D eigenvalue weighted by Crippen LogP contribution is 2.24. The van der Waals surface area contributed by atoms with E-state index in [0.717, 1.165) is 13.1 Å². The van der Waals surface area contributed by atoms with Gasteiger partial charge in [0.2, 0.25) is 5.89 Å². The summed E-state index contributed by atoms with van der Waals surface area (Å²) in [6.45, 7) is 6.26. The Hall–Kier alpha value is -1.43. The van der Waals surface area contributed by atoms with Crippen molar-refractivity contribution in [3.8, 4) is 0 Å². The summed E-state index contributed by atoms with van der Waals surface area (Å²) in [7, 11) is 0. The van der Waals surface area contributed by atoms with Gasteiger partial charge in [-0.1, -0.05) is 29.4 Å². The summed E-state index contributed by atoms with van der Waals surface area (Å²) < 4.78 is 5.27. The molecule has 0 bridgehead atoms. The lowest BCUT2D eigenvalue weighted by Crippen LogP contribution is -2.30. The number of fused-ring (bicyclic) bond motifs is 1. The molecular formula is C14H19ClN4O. The van der Waals surface area contributed by atoms with E-state index in [1.165, 1.54) is 11.1 Å². The fourth-order valence-corrected chi connectivity index (χ4v) is 2.29. The Bertz CT molecular complexity index is 566. The SMILES string of the molecule is CC(C)(N)c1noc(CN2Cc3ccccc3C2)n1.Cl. The van der Waals surface area contributed by atoms with Crippen LogP contribution >= 0.6 is 12.4 Å². The minimum Gasteiger partial charge on any atom is -0.338 e. The summed E-state index contributed by atoms with van der Waals surface area (Å²) in [6, 6.07) is 8.48. The summed E-state index contributed by atoms with van der Waals surface area (Å²) in [5.41, 5.74) is 8.14. The van der Waals surface area contributed by atoms with Gasteiger partial charge in [0.1, 0.15) is 0 Å². The van der Waals surface area contributed by atoms with Gasteiger partial charge in [-0.3, -0.25) is 4.90 Å². The first-order valence-corrected chi connectivity index (χ1v) is 6.43. The van der Waals surface area contributed by atoms with Gasteiger partial charge in [0.25, 0.3) is 0 Å². The van der Waals surface area contributed by atoms with Crippen molar-refractivity contribution in [2.75, 3.05) is 0 Å². The Balaban J connectivity index is 0.00000147. The van der Waals surface area contributed by atoms with Crippen molar-refractivity contribution in [2.24, 2.45) is 5.73 Å². The molecule has 1 aliphatic rings. The van der Waals surface area contributed by atoms with E-state index in [2.05, 4.69) is 39.3 Å². The normalized spacial score (nSPS) is 14.9. The van der Waals surface area contributed by atoms with Crippen LogP contribution in [0.3, 0.4) is 0 Å². The molecule has 108 valence electrons. The summed E-state index contributed by atoms with van der Waals surface area (Å²) >= 11 is 0. The van der Waals surface area contributed by atoms with E-state index in [1.807, 2.05) is 13.8 Å². The van der Waals surface area contributed by atoms with Gasteiger partial charge in [-0.05, 0) is 25.0 Å². The summed E-state index contributed by atoms with van der Waals surface area (Å²) in [4.78, 5) is 6.65. The minimum absolute atomic E-state index is 0. The fraction of sp³-hybridized carbons (Fsp3) is 0.429. The molecule has 0 saturated carbocycles. The van der Waals surface area contributed by atoms with Crippen LogP contribution in [0.1, 0.15) is 36.7 Å². The summed E-state index contributed by atoms with van der Waals surface area (Å²) in [5, 5.41) is 3.94. The Labute approximate surface area is 124 Å². The third-order valence-corrected chi connectivity index (χ3v) is 3.31. The summed E-state index contributed by atoms with van der Waals surface area (Å²) in [6.07, 6.45) is 0. The smallest absolute Gasteiger partial charge is 0.240 e. The van der Waals surface area contributed by atoms with Gasteiger partial charge in [0.05, 0.1) is 12.1 Å². The third kappa shape index (κ3) is 3.00. The number of halogens is 1. The number of hydrogen-bond donors (Lipinski definition) is 1. The first-order chi connectivity index (χ1) is 9.02. The molecule has 0 radical (unpaired) electrons. The lowest BCUT2D eigenvalue weighted by Gasteiger charge is -2.12. The molecule has 2 aromatic rings. The zero-order valence-corrected chi connectivity index (χ0v) is 12.5. The molecule has 0 amide bonds. The maximum Gasteiger partial charge on any atom is 0.240 e. The number of rotatable bonds is 3. The molecule has 1 aromatic carbocycles. The van der Waals surface area contributed by atoms with Gasteiger partial charge in [0.15, 0.2) is 5.82 Å². The lowest BCUT2D eigenvalue weighted by molar-refractivity contribution is 0.230. The van der Waals surface area contributed by atoms with E-state index in [-0.39, 0.29) is 12.4 Å². The Kier molecular flexibility index (Phi) is 4.13. The Morgan fingerprint density at radius 2 is 1.85 bits per heavy atom. The van der Waals surface area contributed by atoms with Gasteiger partial charge in [-0.25, -0.2) is 0 Å². The van der Waals surface area contributed by atoms with Crippen LogP contribution in [0.4, 0.5) is 0 Å². The van der Waals surface area contributed by atoms with E-state index in [1.54, 1.807) is 0 Å². The number of benzene rings is 1. The highest BCUT2D eigenvalue weighted by Gasteiger charge is 2.24. The quantitative estimate of drug-likeness (QED) is 0.940. The van der Waals surface area contributed by atoms with Crippen LogP contribution in [0.15, 0.2) is 28.8 Å². The van der Waals surface area contributed by atoms with Crippen LogP contribution in [0.25, 0.3) is 0 Å². The van der Waals surface area contributed by atoms with Gasteiger partial charge >= 0.3 is 0 Å². The van der Waals surface area contributed by atoms with E-state index in [4.69, 9.17) is 10.3 Å². The zero-order chi connectivity index (χ0) is 13.5. The van der Waals surface area contributed by atoms with E-state index in [9.17, 15) is 0 Å². The maximum absolute atomic E-state index is 5.95. The Morgan fingerprint density at radius 1 is 1.25 bits per heavy atom. The molecule has 2 N–H and O–H groups in total. The third-order valence-electron chi connectivity index (χ3n) is 3.31. The molecule has 5 nitrogen and oxygen atoms in total. The van der Waals surface area contributed by atoms with Crippen molar-refractivity contribution in [2.45, 2.75) is 39.0 Å². The maximum atomic E-state index is 5.95. The fourth-order valence-electron chi connectivity index (χ4n) is 2.29. The number of aromatic nitrogens is 2. The van der Waals surface area contributed by atoms with Crippen molar-refractivity contribution < 1.29 is 4.52 Å². The van der Waals surface area contributed by atoms with Gasteiger partial charge in [-0.2, -0.15) is 4.98 Å². The van der Waals surface area contributed by atoms with Crippen molar-refractivity contribution in [3.63, 3.8) is 0 Å². The molecule has 0 saturated heterocycles. The van der Waals surface area contributed by atoms with Crippen molar-refractivity contribution in [1.29, 1.82) is 0 Å². The molecule has 0 fully saturated rings. The molecule has 1 aliphatic heterocycles. The Morgan fingerprint density at radius 3 is 2.35 bits per heavy atom. The lowest BCUT2D eigenvalue weighted by atomic mass is 10.1. The van der Waals surface area contributed by atoms with Crippen molar-refractivity contribution in [1.82, 2.24) is 15.0 Å². The molecule has 0 unspecified atom stereocenters. The van der Waals surface area contributed by atoms with Gasteiger partial charge in [-0.15, -0.1) is 12.4 Å². The van der Waals surface area contributed by atoms with Crippen LogP contribution in [0.2, 0.25) is 0 Å². The zero-order valence-electron chi connectivity index (χ0n) is 11.7. The average molecular weight is 295 g/mol. The number of nitrogens with zero attached hydrogens (tertiary/aromatic N) is 3. The molecular weight excluding hydrogens is 276 g/mol. The molecule has 0 atom stereocenters. The van der Waals surface area contributed by atoms with Gasteiger partial charge < -0.3 is 10.3 Å². The highest BCUT2D eigenvalue weighted by atomic mass is 35.5. The van der Waals surface area contributed by atoms with Crippen LogP contribution in [0.5, 0.6) is 0 Å². The molecule has 1 aromatic heterocycles. The van der Waals surface area contributed by atoms with Crippen LogP contribution in [-0.2, 0) is 25.2 Å². The molecule has 2 heterocycles. The second kappa shape index (κ2) is 5.52. The van der Waals surface area contributed by atoms with Crippen LogP contribution < -0.4 is 5.73 Å². The second-order valence-corrected chi connectivity index (χ2v) is 5.65. The first-order valence-electron chi connectivity index (χ1n) is 6.43. The van der Waals surface area contributed by atoms with Crippen LogP contribution in [0, 0.1) is 0 Å². The molecule has 3 rings (SSSR count). The molecule has 6 heteroatoms. The molecule has 0 spiro atoms. The first kappa shape index (κ1) is 15.0. The van der Waals surface area contributed by atoms with E-state index < -0.39 is 5.54 Å². The average Bonchev–Trinajstić information content (AvgIpc) is 2.94. The largest absolute Gasteiger partial charge is 0.338 e. The predicted molar refractivity (Wildman–Crippen MR) is 78.2 cm³/mol. The minimum atomic E-state index is -0.560. The topological polar surface area (TPSA) is 68.2 Å². The van der Waals surface area contributed by atoms with Crippen molar-refractivity contribution in [3.05, 3.63) is 47.1 Å². The second-order valence-electron chi connectivity index (χ2n) is 5.65. The standard InChI is InChI=1S/C14H18N4O.ClH/c1-14(2,15)13-16-12(19-17-13)9-18-7-10-5-3-4-6-11(10)8-18;/h3-6H,7-9,15H2,1-2H3;1H. The highest BCUT2D eigenvalue weighted by molar-refractivity contribution is 5.85. The predicted octanol–water partition coefficient (Wildman–Crippen LogP) is 2.20. The monoisotopic (exact) mass is 294 g/mol. The van der Waals surface area contributed by atoms with Crippen LogP contribution in [-0.4, -0.2) is 15.0 Å². The van der Waals surface area contributed by atoms with Gasteiger partial charge in [0, 0.05) is 13.1 Å². The summed E-state index contributed by atoms with van der Waals surface area (Å²) in [5.74, 6) is 1.18.